The second-order valence-corrected chi connectivity index (χ2v) is 6.88. The summed E-state index contributed by atoms with van der Waals surface area (Å²) in [7, 11) is 0. The summed E-state index contributed by atoms with van der Waals surface area (Å²) in [6, 6.07) is 2.11. The summed E-state index contributed by atoms with van der Waals surface area (Å²) in [5.41, 5.74) is 0. The lowest BCUT2D eigenvalue weighted by Gasteiger charge is -2.04. The molecule has 2 aromatic heterocycles. The minimum atomic E-state index is 0.123. The van der Waals surface area contributed by atoms with Gasteiger partial charge in [0, 0.05) is 29.0 Å². The van der Waals surface area contributed by atoms with Gasteiger partial charge in [-0.05, 0) is 19.4 Å². The molecule has 0 saturated heterocycles. The van der Waals surface area contributed by atoms with E-state index in [1.54, 1.807) is 29.4 Å². The van der Waals surface area contributed by atoms with Gasteiger partial charge in [0.2, 0.25) is 5.91 Å². The standard InChI is InChI=1S/C14H19N3OS2/c1-3-4-6-15-12(18)5-7-19-13-11-8-10(2)20-14(11)17-9-16-13/h8-9H,3-7H2,1-2H3,(H,15,18). The number of thiophene rings is 1. The second kappa shape index (κ2) is 7.59. The Kier molecular flexibility index (Phi) is 5.79. The quantitative estimate of drug-likeness (QED) is 0.484. The molecule has 0 aliphatic carbocycles. The topological polar surface area (TPSA) is 54.9 Å². The molecule has 0 fully saturated rings. The molecule has 2 aromatic rings. The molecule has 1 amide bonds. The van der Waals surface area contributed by atoms with Crippen molar-refractivity contribution in [3.8, 4) is 0 Å². The minimum Gasteiger partial charge on any atom is -0.356 e. The van der Waals surface area contributed by atoms with Crippen LogP contribution in [-0.2, 0) is 4.79 Å². The van der Waals surface area contributed by atoms with Crippen molar-refractivity contribution in [1.29, 1.82) is 0 Å². The first-order valence-electron chi connectivity index (χ1n) is 6.81. The first-order valence-corrected chi connectivity index (χ1v) is 8.61. The van der Waals surface area contributed by atoms with E-state index in [4.69, 9.17) is 0 Å². The molecule has 0 spiro atoms. The maximum absolute atomic E-state index is 11.6. The number of thioether (sulfide) groups is 1. The van der Waals surface area contributed by atoms with Crippen LogP contribution >= 0.6 is 23.1 Å². The van der Waals surface area contributed by atoms with Crippen molar-refractivity contribution in [2.45, 2.75) is 38.1 Å². The summed E-state index contributed by atoms with van der Waals surface area (Å²) in [4.78, 5) is 22.5. The van der Waals surface area contributed by atoms with E-state index in [9.17, 15) is 4.79 Å². The SMILES string of the molecule is CCCCNC(=O)CCSc1ncnc2sc(C)cc12. The molecule has 0 radical (unpaired) electrons. The van der Waals surface area contributed by atoms with E-state index in [2.05, 4.69) is 35.2 Å². The molecule has 0 aliphatic heterocycles. The van der Waals surface area contributed by atoms with Crippen LogP contribution in [0.5, 0.6) is 0 Å². The predicted molar refractivity (Wildman–Crippen MR) is 85.4 cm³/mol. The van der Waals surface area contributed by atoms with Gasteiger partial charge in [-0.25, -0.2) is 9.97 Å². The molecule has 0 atom stereocenters. The third kappa shape index (κ3) is 4.18. The zero-order chi connectivity index (χ0) is 14.4. The average Bonchev–Trinajstić information content (AvgIpc) is 2.80. The van der Waals surface area contributed by atoms with Gasteiger partial charge in [-0.1, -0.05) is 13.3 Å². The normalized spacial score (nSPS) is 10.9. The number of carbonyl (C=O) groups is 1. The Labute approximate surface area is 127 Å². The number of rotatable bonds is 7. The fraction of sp³-hybridized carbons (Fsp3) is 0.500. The second-order valence-electron chi connectivity index (χ2n) is 4.56. The Morgan fingerprint density at radius 2 is 2.30 bits per heavy atom. The number of aromatic nitrogens is 2. The van der Waals surface area contributed by atoms with Gasteiger partial charge < -0.3 is 5.32 Å². The summed E-state index contributed by atoms with van der Waals surface area (Å²) in [6.45, 7) is 4.97. The van der Waals surface area contributed by atoms with Crippen molar-refractivity contribution in [2.75, 3.05) is 12.3 Å². The van der Waals surface area contributed by atoms with Crippen LogP contribution in [0, 0.1) is 6.92 Å². The maximum atomic E-state index is 11.6. The number of carbonyl (C=O) groups excluding carboxylic acids is 1. The zero-order valence-corrected chi connectivity index (χ0v) is 13.4. The highest BCUT2D eigenvalue weighted by Gasteiger charge is 2.08. The molecule has 1 N–H and O–H groups in total. The molecular formula is C14H19N3OS2. The van der Waals surface area contributed by atoms with Gasteiger partial charge >= 0.3 is 0 Å². The molecule has 6 heteroatoms. The molecule has 2 rings (SSSR count). The van der Waals surface area contributed by atoms with Crippen LogP contribution < -0.4 is 5.32 Å². The first kappa shape index (κ1) is 15.3. The van der Waals surface area contributed by atoms with Crippen molar-refractivity contribution >= 4 is 39.2 Å². The lowest BCUT2D eigenvalue weighted by atomic mass is 10.3. The molecule has 20 heavy (non-hydrogen) atoms. The molecular weight excluding hydrogens is 290 g/mol. The largest absolute Gasteiger partial charge is 0.356 e. The van der Waals surface area contributed by atoms with E-state index in [-0.39, 0.29) is 5.91 Å². The van der Waals surface area contributed by atoms with Crippen LogP contribution in [0.2, 0.25) is 0 Å². The summed E-state index contributed by atoms with van der Waals surface area (Å²) >= 11 is 3.30. The third-order valence-corrected chi connectivity index (χ3v) is 4.80. The van der Waals surface area contributed by atoms with Gasteiger partial charge in [-0.2, -0.15) is 0 Å². The number of unbranched alkanes of at least 4 members (excludes halogenated alkanes) is 1. The van der Waals surface area contributed by atoms with Gasteiger partial charge in [0.1, 0.15) is 16.2 Å². The number of nitrogens with one attached hydrogen (secondary N) is 1. The molecule has 0 aromatic carbocycles. The fourth-order valence-electron chi connectivity index (χ4n) is 1.80. The zero-order valence-electron chi connectivity index (χ0n) is 11.8. The van der Waals surface area contributed by atoms with Crippen LogP contribution in [-0.4, -0.2) is 28.2 Å². The highest BCUT2D eigenvalue weighted by Crippen LogP contribution is 2.30. The van der Waals surface area contributed by atoms with Gasteiger partial charge in [0.15, 0.2) is 0 Å². The first-order chi connectivity index (χ1) is 9.70. The van der Waals surface area contributed by atoms with Gasteiger partial charge in [-0.15, -0.1) is 23.1 Å². The summed E-state index contributed by atoms with van der Waals surface area (Å²) < 4.78 is 0. The molecule has 0 bridgehead atoms. The van der Waals surface area contributed by atoms with E-state index in [1.807, 2.05) is 0 Å². The summed E-state index contributed by atoms with van der Waals surface area (Å²) in [5, 5.41) is 5.00. The summed E-state index contributed by atoms with van der Waals surface area (Å²) in [6.07, 6.45) is 4.27. The Bertz CT molecular complexity index is 583. The van der Waals surface area contributed by atoms with Gasteiger partial charge in [-0.3, -0.25) is 4.79 Å². The van der Waals surface area contributed by atoms with E-state index in [1.165, 1.54) is 4.88 Å². The minimum absolute atomic E-state index is 0.123. The number of fused-ring (bicyclic) bond motifs is 1. The van der Waals surface area contributed by atoms with E-state index >= 15 is 0 Å². The monoisotopic (exact) mass is 309 g/mol. The van der Waals surface area contributed by atoms with Gasteiger partial charge in [0.05, 0.1) is 0 Å². The molecule has 0 aliphatic rings. The van der Waals surface area contributed by atoms with Crippen LogP contribution in [0.4, 0.5) is 0 Å². The average molecular weight is 309 g/mol. The molecule has 0 saturated carbocycles. The van der Waals surface area contributed by atoms with Crippen LogP contribution in [0.25, 0.3) is 10.2 Å². The lowest BCUT2D eigenvalue weighted by molar-refractivity contribution is -0.120. The molecule has 108 valence electrons. The van der Waals surface area contributed by atoms with E-state index in [0.29, 0.717) is 6.42 Å². The number of hydrogen-bond donors (Lipinski definition) is 1. The highest BCUT2D eigenvalue weighted by atomic mass is 32.2. The Hall–Kier alpha value is -1.14. The number of amides is 1. The lowest BCUT2D eigenvalue weighted by Crippen LogP contribution is -2.24. The third-order valence-electron chi connectivity index (χ3n) is 2.84. The summed E-state index contributed by atoms with van der Waals surface area (Å²) in [5.74, 6) is 0.872. The number of aryl methyl sites for hydroxylation is 1. The predicted octanol–water partition coefficient (Wildman–Crippen LogP) is 3.40. The molecule has 4 nitrogen and oxygen atoms in total. The van der Waals surface area contributed by atoms with Crippen molar-refractivity contribution < 1.29 is 4.79 Å². The van der Waals surface area contributed by atoms with Crippen molar-refractivity contribution in [3.05, 3.63) is 17.3 Å². The Morgan fingerprint density at radius 1 is 1.45 bits per heavy atom. The molecule has 0 unspecified atom stereocenters. The van der Waals surface area contributed by atoms with Crippen molar-refractivity contribution in [1.82, 2.24) is 15.3 Å². The van der Waals surface area contributed by atoms with Gasteiger partial charge in [0.25, 0.3) is 0 Å². The smallest absolute Gasteiger partial charge is 0.220 e. The number of hydrogen-bond acceptors (Lipinski definition) is 5. The Morgan fingerprint density at radius 3 is 3.10 bits per heavy atom. The van der Waals surface area contributed by atoms with Crippen LogP contribution in [0.1, 0.15) is 31.1 Å². The fourth-order valence-corrected chi connectivity index (χ4v) is 3.63. The Balaban J connectivity index is 1.85. The molecule has 2 heterocycles. The van der Waals surface area contributed by atoms with E-state index in [0.717, 1.165) is 40.4 Å². The van der Waals surface area contributed by atoms with Crippen LogP contribution in [0.3, 0.4) is 0 Å². The maximum Gasteiger partial charge on any atom is 0.220 e. The number of nitrogens with zero attached hydrogens (tertiary/aromatic N) is 2. The van der Waals surface area contributed by atoms with E-state index < -0.39 is 0 Å². The van der Waals surface area contributed by atoms with Crippen molar-refractivity contribution in [3.63, 3.8) is 0 Å². The highest BCUT2D eigenvalue weighted by molar-refractivity contribution is 7.99. The van der Waals surface area contributed by atoms with Crippen LogP contribution in [0.15, 0.2) is 17.4 Å². The van der Waals surface area contributed by atoms with Crippen molar-refractivity contribution in [2.24, 2.45) is 0 Å².